The van der Waals surface area contributed by atoms with Gasteiger partial charge in [-0.1, -0.05) is 33.3 Å². The predicted molar refractivity (Wildman–Crippen MR) is 53.1 cm³/mol. The Kier molecular flexibility index (Phi) is 5.89. The number of rotatable bonds is 5. The van der Waals surface area contributed by atoms with Gasteiger partial charge >= 0.3 is 6.18 Å². The van der Waals surface area contributed by atoms with E-state index >= 15 is 0 Å². The molecule has 0 aromatic carbocycles. The van der Waals surface area contributed by atoms with Crippen LogP contribution in [0, 0.1) is 5.92 Å². The second-order valence-electron chi connectivity index (χ2n) is 3.50. The molecule has 84 valence electrons. The van der Waals surface area contributed by atoms with Gasteiger partial charge in [0, 0.05) is 5.57 Å². The lowest BCUT2D eigenvalue weighted by atomic mass is 9.96. The topological polar surface area (TPSA) is 0 Å². The van der Waals surface area contributed by atoms with Crippen molar-refractivity contribution in [1.29, 1.82) is 0 Å². The standard InChI is InChI=1S/C11H19F3/c1-4-7-9(5-2)8-10(6-3)11(12,13)14/h8-9H,4-7H2,1-3H3/b10-8+/t9-/m1/s1. The van der Waals surface area contributed by atoms with Gasteiger partial charge in [-0.15, -0.1) is 0 Å². The van der Waals surface area contributed by atoms with Crippen molar-refractivity contribution >= 4 is 0 Å². The molecule has 0 aliphatic rings. The van der Waals surface area contributed by atoms with E-state index in [1.165, 1.54) is 6.08 Å². The number of hydrogen-bond donors (Lipinski definition) is 0. The van der Waals surface area contributed by atoms with Crippen LogP contribution in [0.5, 0.6) is 0 Å². The number of halogens is 3. The summed E-state index contributed by atoms with van der Waals surface area (Å²) in [7, 11) is 0. The molecule has 0 aliphatic carbocycles. The summed E-state index contributed by atoms with van der Waals surface area (Å²) in [6.07, 6.45) is -0.101. The molecule has 0 bridgehead atoms. The summed E-state index contributed by atoms with van der Waals surface area (Å²) in [6, 6.07) is 0. The van der Waals surface area contributed by atoms with Crippen molar-refractivity contribution < 1.29 is 13.2 Å². The van der Waals surface area contributed by atoms with Crippen molar-refractivity contribution in [3.63, 3.8) is 0 Å². The summed E-state index contributed by atoms with van der Waals surface area (Å²) in [4.78, 5) is 0. The molecule has 14 heavy (non-hydrogen) atoms. The number of alkyl halides is 3. The normalized spacial score (nSPS) is 15.7. The van der Waals surface area contributed by atoms with E-state index in [0.717, 1.165) is 19.3 Å². The van der Waals surface area contributed by atoms with Crippen LogP contribution in [0.2, 0.25) is 0 Å². The van der Waals surface area contributed by atoms with Crippen molar-refractivity contribution in [3.8, 4) is 0 Å². The molecular weight excluding hydrogens is 189 g/mol. The molecule has 0 fully saturated rings. The van der Waals surface area contributed by atoms with Crippen molar-refractivity contribution in [1.82, 2.24) is 0 Å². The molecule has 0 heterocycles. The Labute approximate surface area is 84.2 Å². The van der Waals surface area contributed by atoms with Gasteiger partial charge in [-0.25, -0.2) is 0 Å². The lowest BCUT2D eigenvalue weighted by Gasteiger charge is -2.14. The van der Waals surface area contributed by atoms with Gasteiger partial charge in [-0.05, 0) is 25.2 Å². The van der Waals surface area contributed by atoms with E-state index in [2.05, 4.69) is 0 Å². The zero-order valence-electron chi connectivity index (χ0n) is 9.12. The molecule has 0 aromatic heterocycles. The largest absolute Gasteiger partial charge is 0.412 e. The molecule has 0 rings (SSSR count). The zero-order chi connectivity index (χ0) is 11.2. The average molecular weight is 208 g/mol. The number of allylic oxidation sites excluding steroid dienone is 2. The van der Waals surface area contributed by atoms with Crippen LogP contribution in [0.15, 0.2) is 11.6 Å². The van der Waals surface area contributed by atoms with Crippen molar-refractivity contribution in [3.05, 3.63) is 11.6 Å². The fraction of sp³-hybridized carbons (Fsp3) is 0.818. The van der Waals surface area contributed by atoms with Gasteiger partial charge in [0.05, 0.1) is 0 Å². The maximum absolute atomic E-state index is 12.4. The molecule has 0 radical (unpaired) electrons. The highest BCUT2D eigenvalue weighted by molar-refractivity contribution is 5.09. The first-order valence-corrected chi connectivity index (χ1v) is 5.23. The van der Waals surface area contributed by atoms with Crippen LogP contribution in [0.3, 0.4) is 0 Å². The Bertz CT molecular complexity index is 179. The van der Waals surface area contributed by atoms with E-state index in [1.54, 1.807) is 6.92 Å². The highest BCUT2D eigenvalue weighted by Gasteiger charge is 2.32. The third-order valence-electron chi connectivity index (χ3n) is 2.37. The van der Waals surface area contributed by atoms with Crippen LogP contribution in [0.25, 0.3) is 0 Å². The summed E-state index contributed by atoms with van der Waals surface area (Å²) in [5.41, 5.74) is -0.377. The SMILES string of the molecule is CCC[C@H](/C=C(\CC)C(F)(F)F)CC. The van der Waals surface area contributed by atoms with Crippen LogP contribution < -0.4 is 0 Å². The molecule has 0 spiro atoms. The first-order chi connectivity index (χ1) is 6.45. The van der Waals surface area contributed by atoms with E-state index < -0.39 is 6.18 Å². The van der Waals surface area contributed by atoms with E-state index in [0.29, 0.717) is 0 Å². The van der Waals surface area contributed by atoms with Crippen molar-refractivity contribution in [2.24, 2.45) is 5.92 Å². The van der Waals surface area contributed by atoms with E-state index in [-0.39, 0.29) is 17.9 Å². The number of hydrogen-bond acceptors (Lipinski definition) is 0. The lowest BCUT2D eigenvalue weighted by Crippen LogP contribution is -2.13. The Morgan fingerprint density at radius 3 is 2.07 bits per heavy atom. The minimum Gasteiger partial charge on any atom is -0.166 e. The maximum Gasteiger partial charge on any atom is 0.412 e. The smallest absolute Gasteiger partial charge is 0.166 e. The van der Waals surface area contributed by atoms with Gasteiger partial charge in [0.1, 0.15) is 0 Å². The molecule has 0 aliphatic heterocycles. The van der Waals surface area contributed by atoms with E-state index in [9.17, 15) is 13.2 Å². The molecule has 0 saturated heterocycles. The maximum atomic E-state index is 12.4. The zero-order valence-corrected chi connectivity index (χ0v) is 9.12. The van der Waals surface area contributed by atoms with Gasteiger partial charge in [-0.2, -0.15) is 13.2 Å². The summed E-state index contributed by atoms with van der Waals surface area (Å²) >= 11 is 0. The Hall–Kier alpha value is -0.470. The molecule has 3 heteroatoms. The Morgan fingerprint density at radius 1 is 1.21 bits per heavy atom. The molecule has 0 nitrogen and oxygen atoms in total. The van der Waals surface area contributed by atoms with Gasteiger partial charge in [-0.3, -0.25) is 0 Å². The monoisotopic (exact) mass is 208 g/mol. The highest BCUT2D eigenvalue weighted by Crippen LogP contribution is 2.30. The molecular formula is C11H19F3. The Morgan fingerprint density at radius 2 is 1.79 bits per heavy atom. The van der Waals surface area contributed by atoms with E-state index in [4.69, 9.17) is 0 Å². The average Bonchev–Trinajstić information content (AvgIpc) is 2.10. The van der Waals surface area contributed by atoms with Crippen LogP contribution in [-0.2, 0) is 0 Å². The van der Waals surface area contributed by atoms with Gasteiger partial charge in [0.15, 0.2) is 0 Å². The van der Waals surface area contributed by atoms with E-state index in [1.807, 2.05) is 13.8 Å². The van der Waals surface area contributed by atoms with Crippen molar-refractivity contribution in [2.45, 2.75) is 52.6 Å². The quantitative estimate of drug-likeness (QED) is 0.574. The molecule has 1 atom stereocenters. The summed E-state index contributed by atoms with van der Waals surface area (Å²) in [6.45, 7) is 5.48. The van der Waals surface area contributed by atoms with Gasteiger partial charge in [0.25, 0.3) is 0 Å². The third kappa shape index (κ3) is 4.68. The first-order valence-electron chi connectivity index (χ1n) is 5.23. The molecule has 0 N–H and O–H groups in total. The van der Waals surface area contributed by atoms with Crippen LogP contribution in [0.1, 0.15) is 46.5 Å². The highest BCUT2D eigenvalue weighted by atomic mass is 19.4. The van der Waals surface area contributed by atoms with Crippen molar-refractivity contribution in [2.75, 3.05) is 0 Å². The fourth-order valence-electron chi connectivity index (χ4n) is 1.47. The Balaban J connectivity index is 4.54. The lowest BCUT2D eigenvalue weighted by molar-refractivity contribution is -0.0940. The molecule has 0 saturated carbocycles. The van der Waals surface area contributed by atoms with Gasteiger partial charge < -0.3 is 0 Å². The van der Waals surface area contributed by atoms with Crippen LogP contribution in [-0.4, -0.2) is 6.18 Å². The van der Waals surface area contributed by atoms with Crippen LogP contribution >= 0.6 is 0 Å². The fourth-order valence-corrected chi connectivity index (χ4v) is 1.47. The third-order valence-corrected chi connectivity index (χ3v) is 2.37. The second-order valence-corrected chi connectivity index (χ2v) is 3.50. The minimum atomic E-state index is -4.14. The summed E-state index contributed by atoms with van der Waals surface area (Å²) in [5.74, 6) is 0.0802. The first kappa shape index (κ1) is 13.5. The van der Waals surface area contributed by atoms with Gasteiger partial charge in [0.2, 0.25) is 0 Å². The molecule has 0 unspecified atom stereocenters. The molecule has 0 amide bonds. The second kappa shape index (κ2) is 6.10. The van der Waals surface area contributed by atoms with Crippen LogP contribution in [0.4, 0.5) is 13.2 Å². The summed E-state index contributed by atoms with van der Waals surface area (Å²) in [5, 5.41) is 0. The summed E-state index contributed by atoms with van der Waals surface area (Å²) < 4.78 is 37.2. The molecule has 0 aromatic rings. The predicted octanol–water partition coefficient (Wildman–Crippen LogP) is 4.71. The minimum absolute atomic E-state index is 0.0731.